The van der Waals surface area contributed by atoms with Gasteiger partial charge in [0.05, 0.1) is 19.4 Å². The molecule has 0 spiro atoms. The Morgan fingerprint density at radius 2 is 1.87 bits per heavy atom. The Bertz CT molecular complexity index is 661. The lowest BCUT2D eigenvalue weighted by atomic mass is 10.2. The zero-order valence-corrected chi connectivity index (χ0v) is 13.4. The molecule has 4 nitrogen and oxygen atoms in total. The van der Waals surface area contributed by atoms with Crippen molar-refractivity contribution in [2.45, 2.75) is 12.8 Å². The third-order valence-electron chi connectivity index (χ3n) is 3.08. The van der Waals surface area contributed by atoms with E-state index >= 15 is 0 Å². The smallest absolute Gasteiger partial charge is 0.224 e. The minimum atomic E-state index is -0.516. The van der Waals surface area contributed by atoms with E-state index in [9.17, 15) is 9.18 Å². The number of ether oxygens (including phenoxy) is 2. The second-order valence-corrected chi connectivity index (χ2v) is 5.24. The fraction of sp³-hybridized carbons (Fsp3) is 0.235. The van der Waals surface area contributed by atoms with Crippen molar-refractivity contribution in [3.8, 4) is 11.5 Å². The molecule has 2 aromatic carbocycles. The maximum absolute atomic E-state index is 13.5. The van der Waals surface area contributed by atoms with Crippen LogP contribution in [-0.2, 0) is 4.79 Å². The number of nitrogens with one attached hydrogen (secondary N) is 1. The Kier molecular flexibility index (Phi) is 6.23. The van der Waals surface area contributed by atoms with Gasteiger partial charge in [-0.2, -0.15) is 0 Å². The minimum absolute atomic E-state index is 0.0820. The fourth-order valence-corrected chi connectivity index (χ4v) is 2.07. The fourth-order valence-electron chi connectivity index (χ4n) is 1.90. The van der Waals surface area contributed by atoms with Gasteiger partial charge in [-0.1, -0.05) is 11.6 Å². The highest BCUT2D eigenvalue weighted by Gasteiger charge is 2.07. The molecule has 0 aliphatic rings. The molecule has 0 bridgehead atoms. The van der Waals surface area contributed by atoms with Gasteiger partial charge in [-0.15, -0.1) is 0 Å². The number of halogens is 2. The van der Waals surface area contributed by atoms with Gasteiger partial charge in [-0.25, -0.2) is 4.39 Å². The Morgan fingerprint density at radius 1 is 1.17 bits per heavy atom. The molecule has 1 N–H and O–H groups in total. The average molecular weight is 338 g/mol. The van der Waals surface area contributed by atoms with Crippen LogP contribution in [0.5, 0.6) is 11.5 Å². The molecule has 0 saturated heterocycles. The monoisotopic (exact) mass is 337 g/mol. The Balaban J connectivity index is 1.73. The first-order valence-corrected chi connectivity index (χ1v) is 7.48. The van der Waals surface area contributed by atoms with E-state index in [2.05, 4.69) is 5.32 Å². The lowest BCUT2D eigenvalue weighted by Crippen LogP contribution is -2.13. The molecule has 2 aromatic rings. The molecule has 6 heteroatoms. The highest BCUT2D eigenvalue weighted by molar-refractivity contribution is 6.30. The van der Waals surface area contributed by atoms with E-state index in [4.69, 9.17) is 21.1 Å². The van der Waals surface area contributed by atoms with Crippen molar-refractivity contribution in [1.82, 2.24) is 0 Å². The number of hydrogen-bond acceptors (Lipinski definition) is 3. The van der Waals surface area contributed by atoms with Crippen LogP contribution in [0.3, 0.4) is 0 Å². The van der Waals surface area contributed by atoms with Crippen LogP contribution < -0.4 is 14.8 Å². The molecule has 2 rings (SSSR count). The molecule has 23 heavy (non-hydrogen) atoms. The molecule has 0 fully saturated rings. The van der Waals surface area contributed by atoms with Crippen LogP contribution in [0.1, 0.15) is 12.8 Å². The van der Waals surface area contributed by atoms with E-state index in [-0.39, 0.29) is 18.0 Å². The topological polar surface area (TPSA) is 47.6 Å². The summed E-state index contributed by atoms with van der Waals surface area (Å²) in [7, 11) is 1.59. The number of amides is 1. The number of anilines is 1. The van der Waals surface area contributed by atoms with Crippen molar-refractivity contribution in [3.05, 3.63) is 53.3 Å². The zero-order valence-electron chi connectivity index (χ0n) is 12.6. The van der Waals surface area contributed by atoms with Gasteiger partial charge in [-0.3, -0.25) is 4.79 Å². The van der Waals surface area contributed by atoms with Gasteiger partial charge in [-0.05, 0) is 48.9 Å². The second kappa shape index (κ2) is 8.39. The van der Waals surface area contributed by atoms with Crippen LogP contribution >= 0.6 is 11.6 Å². The minimum Gasteiger partial charge on any atom is -0.497 e. The zero-order chi connectivity index (χ0) is 16.7. The maximum Gasteiger partial charge on any atom is 0.224 e. The molecular formula is C17H17ClFNO3. The normalized spacial score (nSPS) is 10.2. The van der Waals surface area contributed by atoms with Crippen LogP contribution in [0.2, 0.25) is 5.02 Å². The van der Waals surface area contributed by atoms with Crippen molar-refractivity contribution in [1.29, 1.82) is 0 Å². The average Bonchev–Trinajstić information content (AvgIpc) is 2.55. The number of methoxy groups -OCH3 is 1. The predicted octanol–water partition coefficient (Wildman–Crippen LogP) is 4.29. The molecule has 1 amide bonds. The largest absolute Gasteiger partial charge is 0.497 e. The molecule has 0 heterocycles. The van der Waals surface area contributed by atoms with Crippen molar-refractivity contribution in [2.75, 3.05) is 19.0 Å². The van der Waals surface area contributed by atoms with Crippen LogP contribution in [0.4, 0.5) is 10.1 Å². The quantitative estimate of drug-likeness (QED) is 0.767. The number of carbonyl (C=O) groups is 1. The van der Waals surface area contributed by atoms with Gasteiger partial charge in [0.15, 0.2) is 0 Å². The Morgan fingerprint density at radius 3 is 2.57 bits per heavy atom. The number of benzene rings is 2. The summed E-state index contributed by atoms with van der Waals surface area (Å²) in [6, 6.07) is 11.2. The lowest BCUT2D eigenvalue weighted by molar-refractivity contribution is -0.116. The molecule has 0 unspecified atom stereocenters. The molecule has 0 aliphatic carbocycles. The summed E-state index contributed by atoms with van der Waals surface area (Å²) >= 11 is 5.77. The van der Waals surface area contributed by atoms with E-state index in [0.29, 0.717) is 23.8 Å². The molecule has 0 radical (unpaired) electrons. The molecule has 0 atom stereocenters. The van der Waals surface area contributed by atoms with Gasteiger partial charge in [0.2, 0.25) is 5.91 Å². The SMILES string of the molecule is COc1ccc(OCCCC(=O)Nc2cc(Cl)ccc2F)cc1. The summed E-state index contributed by atoms with van der Waals surface area (Å²) in [5, 5.41) is 2.86. The number of hydrogen-bond donors (Lipinski definition) is 1. The molecule has 0 saturated carbocycles. The first kappa shape index (κ1) is 17.1. The van der Waals surface area contributed by atoms with Gasteiger partial charge in [0.25, 0.3) is 0 Å². The van der Waals surface area contributed by atoms with Gasteiger partial charge in [0.1, 0.15) is 17.3 Å². The van der Waals surface area contributed by atoms with Crippen molar-refractivity contribution in [2.24, 2.45) is 0 Å². The number of rotatable bonds is 7. The molecule has 0 aromatic heterocycles. The molecule has 0 aliphatic heterocycles. The highest BCUT2D eigenvalue weighted by Crippen LogP contribution is 2.20. The van der Waals surface area contributed by atoms with Crippen LogP contribution in [0, 0.1) is 5.82 Å². The predicted molar refractivity (Wildman–Crippen MR) is 87.8 cm³/mol. The van der Waals surface area contributed by atoms with E-state index in [1.807, 2.05) is 0 Å². The number of carbonyl (C=O) groups excluding carboxylic acids is 1. The van der Waals surface area contributed by atoms with E-state index in [1.165, 1.54) is 18.2 Å². The lowest BCUT2D eigenvalue weighted by Gasteiger charge is -2.08. The van der Waals surface area contributed by atoms with Gasteiger partial charge < -0.3 is 14.8 Å². The van der Waals surface area contributed by atoms with Crippen LogP contribution in [-0.4, -0.2) is 19.6 Å². The van der Waals surface area contributed by atoms with Crippen molar-refractivity contribution < 1.29 is 18.7 Å². The summed E-state index contributed by atoms with van der Waals surface area (Å²) in [4.78, 5) is 11.8. The second-order valence-electron chi connectivity index (χ2n) is 4.80. The molecular weight excluding hydrogens is 321 g/mol. The summed E-state index contributed by atoms with van der Waals surface area (Å²) in [6.45, 7) is 0.387. The first-order chi connectivity index (χ1) is 11.1. The van der Waals surface area contributed by atoms with Gasteiger partial charge in [0, 0.05) is 11.4 Å². The van der Waals surface area contributed by atoms with Crippen molar-refractivity contribution >= 4 is 23.2 Å². The van der Waals surface area contributed by atoms with E-state index < -0.39 is 5.82 Å². The Hall–Kier alpha value is -2.27. The third kappa shape index (κ3) is 5.45. The highest BCUT2D eigenvalue weighted by atomic mass is 35.5. The summed E-state index contributed by atoms with van der Waals surface area (Å²) in [5.41, 5.74) is 0.0820. The van der Waals surface area contributed by atoms with Crippen LogP contribution in [0.15, 0.2) is 42.5 Å². The standard InChI is InChI=1S/C17H17ClFNO3/c1-22-13-5-7-14(8-6-13)23-10-2-3-17(21)20-16-11-12(18)4-9-15(16)19/h4-9,11H,2-3,10H2,1H3,(H,20,21). The maximum atomic E-state index is 13.5. The van der Waals surface area contributed by atoms with Gasteiger partial charge >= 0.3 is 0 Å². The summed E-state index contributed by atoms with van der Waals surface area (Å²) in [5.74, 6) is 0.647. The van der Waals surface area contributed by atoms with Crippen molar-refractivity contribution in [3.63, 3.8) is 0 Å². The molecule has 122 valence electrons. The van der Waals surface area contributed by atoms with E-state index in [0.717, 1.165) is 5.75 Å². The summed E-state index contributed by atoms with van der Waals surface area (Å²) in [6.07, 6.45) is 0.738. The summed E-state index contributed by atoms with van der Waals surface area (Å²) < 4.78 is 24.1. The van der Waals surface area contributed by atoms with E-state index in [1.54, 1.807) is 31.4 Å². The third-order valence-corrected chi connectivity index (χ3v) is 3.31. The Labute approximate surface area is 139 Å². The van der Waals surface area contributed by atoms with Crippen LogP contribution in [0.25, 0.3) is 0 Å². The first-order valence-electron chi connectivity index (χ1n) is 7.10.